The largest absolute Gasteiger partial charge is 0.346 e. The van der Waals surface area contributed by atoms with Crippen LogP contribution < -0.4 is 0 Å². The molecule has 4 nitrogen and oxygen atoms in total. The van der Waals surface area contributed by atoms with Crippen LogP contribution in [0.1, 0.15) is 24.4 Å². The van der Waals surface area contributed by atoms with Crippen LogP contribution in [0.2, 0.25) is 0 Å². The molecule has 0 saturated carbocycles. The van der Waals surface area contributed by atoms with Gasteiger partial charge in [0, 0.05) is 24.5 Å². The molecular formula is C15H18N2O2S. The Kier molecular flexibility index (Phi) is 3.18. The fourth-order valence-corrected chi connectivity index (χ4v) is 4.47. The van der Waals surface area contributed by atoms with E-state index in [2.05, 4.69) is 11.5 Å². The van der Waals surface area contributed by atoms with E-state index in [1.165, 1.54) is 5.69 Å². The Morgan fingerprint density at radius 3 is 2.45 bits per heavy atom. The molecule has 1 aliphatic rings. The van der Waals surface area contributed by atoms with E-state index in [1.54, 1.807) is 28.6 Å². The Morgan fingerprint density at radius 1 is 1.05 bits per heavy atom. The highest BCUT2D eigenvalue weighted by Gasteiger charge is 2.34. The van der Waals surface area contributed by atoms with E-state index in [0.29, 0.717) is 18.0 Å². The lowest BCUT2D eigenvalue weighted by Gasteiger charge is -2.34. The Bertz CT molecular complexity index is 720. The number of fused-ring (bicyclic) bond motifs is 1. The number of aryl methyl sites for hydroxylation is 1. The summed E-state index contributed by atoms with van der Waals surface area (Å²) in [5.74, 6) is 0. The summed E-state index contributed by atoms with van der Waals surface area (Å²) in [6.07, 6.45) is 0. The minimum atomic E-state index is -3.42. The van der Waals surface area contributed by atoms with Crippen LogP contribution in [0.4, 0.5) is 0 Å². The number of aromatic nitrogens is 1. The second kappa shape index (κ2) is 4.75. The number of benzene rings is 1. The summed E-state index contributed by atoms with van der Waals surface area (Å²) in [7, 11) is -3.42. The van der Waals surface area contributed by atoms with Crippen molar-refractivity contribution in [3.8, 4) is 0 Å². The van der Waals surface area contributed by atoms with Crippen LogP contribution >= 0.6 is 0 Å². The first-order valence-corrected chi connectivity index (χ1v) is 8.19. The Morgan fingerprint density at radius 2 is 1.75 bits per heavy atom. The Labute approximate surface area is 119 Å². The summed E-state index contributed by atoms with van der Waals surface area (Å²) in [5.41, 5.74) is 2.25. The van der Waals surface area contributed by atoms with E-state index in [-0.39, 0.29) is 6.04 Å². The van der Waals surface area contributed by atoms with Gasteiger partial charge in [-0.1, -0.05) is 18.2 Å². The highest BCUT2D eigenvalue weighted by Crippen LogP contribution is 2.31. The average Bonchev–Trinajstić information content (AvgIpc) is 2.83. The van der Waals surface area contributed by atoms with Crippen LogP contribution in [0.3, 0.4) is 0 Å². The van der Waals surface area contributed by atoms with Gasteiger partial charge in [-0.05, 0) is 38.1 Å². The van der Waals surface area contributed by atoms with Gasteiger partial charge in [-0.15, -0.1) is 0 Å². The smallest absolute Gasteiger partial charge is 0.243 e. The Hall–Kier alpha value is -1.59. The van der Waals surface area contributed by atoms with E-state index >= 15 is 0 Å². The van der Waals surface area contributed by atoms with Gasteiger partial charge in [0.1, 0.15) is 0 Å². The van der Waals surface area contributed by atoms with Gasteiger partial charge in [-0.25, -0.2) is 8.42 Å². The molecule has 2 aromatic rings. The Balaban J connectivity index is 2.01. The van der Waals surface area contributed by atoms with Crippen molar-refractivity contribution in [2.75, 3.05) is 6.54 Å². The topological polar surface area (TPSA) is 42.3 Å². The summed E-state index contributed by atoms with van der Waals surface area (Å²) < 4.78 is 29.3. The molecule has 3 rings (SSSR count). The third kappa shape index (κ3) is 1.98. The van der Waals surface area contributed by atoms with Crippen LogP contribution in [0, 0.1) is 6.92 Å². The molecule has 1 aromatic heterocycles. The monoisotopic (exact) mass is 290 g/mol. The van der Waals surface area contributed by atoms with E-state index < -0.39 is 10.0 Å². The quantitative estimate of drug-likeness (QED) is 0.853. The van der Waals surface area contributed by atoms with Gasteiger partial charge in [0.25, 0.3) is 0 Å². The van der Waals surface area contributed by atoms with Gasteiger partial charge in [0.2, 0.25) is 10.0 Å². The highest BCUT2D eigenvalue weighted by atomic mass is 32.2. The number of hydrogen-bond donors (Lipinski definition) is 0. The maximum absolute atomic E-state index is 12.7. The summed E-state index contributed by atoms with van der Waals surface area (Å²) >= 11 is 0. The predicted octanol–water partition coefficient (Wildman–Crippen LogP) is 2.56. The van der Waals surface area contributed by atoms with Crippen molar-refractivity contribution < 1.29 is 8.42 Å². The normalized spacial score (nSPS) is 19.8. The van der Waals surface area contributed by atoms with Gasteiger partial charge >= 0.3 is 0 Å². The van der Waals surface area contributed by atoms with Crippen LogP contribution in [0.5, 0.6) is 0 Å². The molecule has 0 spiro atoms. The van der Waals surface area contributed by atoms with Crippen molar-refractivity contribution in [2.45, 2.75) is 31.3 Å². The van der Waals surface area contributed by atoms with E-state index in [0.717, 1.165) is 5.69 Å². The molecule has 1 atom stereocenters. The molecule has 0 radical (unpaired) electrons. The first-order chi connectivity index (χ1) is 9.51. The molecule has 20 heavy (non-hydrogen) atoms. The van der Waals surface area contributed by atoms with Gasteiger partial charge in [-0.3, -0.25) is 0 Å². The van der Waals surface area contributed by atoms with Crippen LogP contribution in [-0.4, -0.2) is 23.8 Å². The van der Waals surface area contributed by atoms with E-state index in [9.17, 15) is 8.42 Å². The molecule has 0 aliphatic carbocycles. The fraction of sp³-hybridized carbons (Fsp3) is 0.333. The first-order valence-electron chi connectivity index (χ1n) is 6.75. The van der Waals surface area contributed by atoms with Crippen LogP contribution in [0.15, 0.2) is 47.4 Å². The van der Waals surface area contributed by atoms with E-state index in [4.69, 9.17) is 0 Å². The van der Waals surface area contributed by atoms with Gasteiger partial charge in [0.15, 0.2) is 0 Å². The zero-order valence-electron chi connectivity index (χ0n) is 11.7. The zero-order chi connectivity index (χ0) is 14.3. The molecule has 2 heterocycles. The maximum Gasteiger partial charge on any atom is 0.243 e. The lowest BCUT2D eigenvalue weighted by molar-refractivity contribution is 0.280. The summed E-state index contributed by atoms with van der Waals surface area (Å²) in [6, 6.07) is 12.6. The van der Waals surface area contributed by atoms with Gasteiger partial charge < -0.3 is 4.57 Å². The number of hydrogen-bond acceptors (Lipinski definition) is 2. The predicted molar refractivity (Wildman–Crippen MR) is 77.9 cm³/mol. The van der Waals surface area contributed by atoms with Crippen molar-refractivity contribution >= 4 is 10.0 Å². The summed E-state index contributed by atoms with van der Waals surface area (Å²) in [6.45, 7) is 5.23. The fourth-order valence-electron chi connectivity index (χ4n) is 2.86. The summed E-state index contributed by atoms with van der Waals surface area (Å²) in [4.78, 5) is 0.364. The van der Waals surface area contributed by atoms with Crippen molar-refractivity contribution in [3.63, 3.8) is 0 Å². The molecule has 106 valence electrons. The summed E-state index contributed by atoms with van der Waals surface area (Å²) in [5, 5.41) is 0. The third-order valence-electron chi connectivity index (χ3n) is 3.99. The minimum Gasteiger partial charge on any atom is -0.346 e. The molecule has 1 aromatic carbocycles. The van der Waals surface area contributed by atoms with Crippen molar-refractivity contribution in [2.24, 2.45) is 0 Å². The number of sulfonamides is 1. The molecule has 1 aliphatic heterocycles. The SMILES string of the molecule is Cc1ccc2n1CCN(S(=O)(=O)c1ccccc1)C2C. The highest BCUT2D eigenvalue weighted by molar-refractivity contribution is 7.89. The second-order valence-electron chi connectivity index (χ2n) is 5.16. The second-order valence-corrected chi connectivity index (χ2v) is 7.05. The molecular weight excluding hydrogens is 272 g/mol. The number of nitrogens with zero attached hydrogens (tertiary/aromatic N) is 2. The van der Waals surface area contributed by atoms with Gasteiger partial charge in [-0.2, -0.15) is 4.31 Å². The van der Waals surface area contributed by atoms with Crippen molar-refractivity contribution in [3.05, 3.63) is 53.9 Å². The number of rotatable bonds is 2. The minimum absolute atomic E-state index is 0.136. The standard InChI is InChI=1S/C15H18N2O2S/c1-12-8-9-15-13(2)17(11-10-16(12)15)20(18,19)14-6-4-3-5-7-14/h3-9,13H,10-11H2,1-2H3. The van der Waals surface area contributed by atoms with E-state index in [1.807, 2.05) is 25.1 Å². The van der Waals surface area contributed by atoms with Crippen molar-refractivity contribution in [1.82, 2.24) is 8.87 Å². The first kappa shape index (κ1) is 13.4. The molecule has 5 heteroatoms. The lowest BCUT2D eigenvalue weighted by Crippen LogP contribution is -2.40. The molecule has 0 fully saturated rings. The van der Waals surface area contributed by atoms with Gasteiger partial charge in [0.05, 0.1) is 10.9 Å². The maximum atomic E-state index is 12.7. The average molecular weight is 290 g/mol. The lowest BCUT2D eigenvalue weighted by atomic mass is 10.2. The van der Waals surface area contributed by atoms with Crippen molar-refractivity contribution in [1.29, 1.82) is 0 Å². The molecule has 0 saturated heterocycles. The molecule has 0 N–H and O–H groups in total. The molecule has 1 unspecified atom stereocenters. The third-order valence-corrected chi connectivity index (χ3v) is 5.97. The van der Waals surface area contributed by atoms with Crippen LogP contribution in [0.25, 0.3) is 0 Å². The van der Waals surface area contributed by atoms with Crippen LogP contribution in [-0.2, 0) is 16.6 Å². The molecule has 0 bridgehead atoms. The molecule has 0 amide bonds. The zero-order valence-corrected chi connectivity index (χ0v) is 12.5.